The van der Waals surface area contributed by atoms with Gasteiger partial charge >= 0.3 is 0 Å². The van der Waals surface area contributed by atoms with Crippen molar-refractivity contribution in [1.82, 2.24) is 10.0 Å². The number of amides is 1. The summed E-state index contributed by atoms with van der Waals surface area (Å²) in [5.74, 6) is -0.00583. The number of carbonyl (C=O) groups is 1. The molecule has 1 aliphatic rings. The van der Waals surface area contributed by atoms with E-state index in [4.69, 9.17) is 16.3 Å². The zero-order valence-corrected chi connectivity index (χ0v) is 16.3. The minimum atomic E-state index is -3.61. The first kappa shape index (κ1) is 20.0. The lowest BCUT2D eigenvalue weighted by Crippen LogP contribution is -2.43. The smallest absolute Gasteiger partial charge is 0.258 e. The first-order chi connectivity index (χ1) is 11.6. The Kier molecular flexibility index (Phi) is 6.35. The highest BCUT2D eigenvalue weighted by Crippen LogP contribution is 2.28. The normalized spacial score (nSPS) is 16.0. The van der Waals surface area contributed by atoms with E-state index in [1.165, 1.54) is 18.2 Å². The topological polar surface area (TPSA) is 84.5 Å². The van der Waals surface area contributed by atoms with Gasteiger partial charge in [0.2, 0.25) is 10.0 Å². The van der Waals surface area contributed by atoms with Crippen molar-refractivity contribution in [3.05, 3.63) is 23.2 Å². The summed E-state index contributed by atoms with van der Waals surface area (Å²) in [7, 11) is -3.61. The molecule has 1 aromatic carbocycles. The summed E-state index contributed by atoms with van der Waals surface area (Å²) in [6.07, 6.45) is 3.79. The molecule has 0 spiro atoms. The fourth-order valence-corrected chi connectivity index (χ4v) is 4.33. The first-order valence-corrected chi connectivity index (χ1v) is 10.2. The fourth-order valence-electron chi connectivity index (χ4n) is 2.69. The lowest BCUT2D eigenvalue weighted by Gasteiger charge is -2.20. The molecule has 6 nitrogen and oxygen atoms in total. The number of benzene rings is 1. The van der Waals surface area contributed by atoms with Crippen LogP contribution in [0, 0.1) is 0 Å². The number of hydrogen-bond acceptors (Lipinski definition) is 4. The van der Waals surface area contributed by atoms with E-state index in [0.717, 1.165) is 25.7 Å². The van der Waals surface area contributed by atoms with E-state index in [9.17, 15) is 13.2 Å². The summed E-state index contributed by atoms with van der Waals surface area (Å²) in [6, 6.07) is 4.23. The number of rotatable bonds is 6. The number of ether oxygens (including phenoxy) is 1. The van der Waals surface area contributed by atoms with Gasteiger partial charge in [-0.1, -0.05) is 24.4 Å². The van der Waals surface area contributed by atoms with Gasteiger partial charge in [-0.15, -0.1) is 0 Å². The van der Waals surface area contributed by atoms with E-state index in [2.05, 4.69) is 10.0 Å². The highest BCUT2D eigenvalue weighted by atomic mass is 35.5. The first-order valence-electron chi connectivity index (χ1n) is 8.32. The molecule has 0 atom stereocenters. The molecule has 2 N–H and O–H groups in total. The largest absolute Gasteiger partial charge is 0.482 e. The zero-order chi connectivity index (χ0) is 18.7. The van der Waals surface area contributed by atoms with Gasteiger partial charge in [-0.25, -0.2) is 13.1 Å². The highest BCUT2D eigenvalue weighted by molar-refractivity contribution is 7.89. The molecule has 0 bridgehead atoms. The maximum Gasteiger partial charge on any atom is 0.258 e. The van der Waals surface area contributed by atoms with E-state index < -0.39 is 10.0 Å². The van der Waals surface area contributed by atoms with E-state index >= 15 is 0 Å². The molecule has 0 saturated heterocycles. The Morgan fingerprint density at radius 1 is 1.28 bits per heavy atom. The van der Waals surface area contributed by atoms with Crippen LogP contribution in [-0.4, -0.2) is 32.5 Å². The van der Waals surface area contributed by atoms with Crippen molar-refractivity contribution in [1.29, 1.82) is 0 Å². The number of halogens is 1. The number of sulfonamides is 1. The Morgan fingerprint density at radius 2 is 1.92 bits per heavy atom. The van der Waals surface area contributed by atoms with Gasteiger partial charge in [-0.05, 0) is 51.8 Å². The van der Waals surface area contributed by atoms with Crippen LogP contribution >= 0.6 is 11.6 Å². The van der Waals surface area contributed by atoms with E-state index in [-0.39, 0.29) is 39.8 Å². The van der Waals surface area contributed by atoms with Crippen LogP contribution < -0.4 is 14.8 Å². The quantitative estimate of drug-likeness (QED) is 0.784. The molecule has 25 heavy (non-hydrogen) atoms. The van der Waals surface area contributed by atoms with Crippen LogP contribution in [0.15, 0.2) is 23.1 Å². The van der Waals surface area contributed by atoms with Gasteiger partial charge in [0.05, 0.1) is 9.92 Å². The summed E-state index contributed by atoms with van der Waals surface area (Å²) in [5.41, 5.74) is -0.353. The fraction of sp³-hybridized carbons (Fsp3) is 0.588. The van der Waals surface area contributed by atoms with Gasteiger partial charge in [0.1, 0.15) is 5.75 Å². The lowest BCUT2D eigenvalue weighted by molar-refractivity contribution is -0.124. The molecule has 0 unspecified atom stereocenters. The second kappa shape index (κ2) is 7.93. The van der Waals surface area contributed by atoms with Crippen LogP contribution in [0.2, 0.25) is 5.02 Å². The molecule has 0 radical (unpaired) electrons. The second-order valence-corrected chi connectivity index (χ2v) is 9.40. The molecule has 1 aromatic rings. The monoisotopic (exact) mass is 388 g/mol. The minimum Gasteiger partial charge on any atom is -0.482 e. The van der Waals surface area contributed by atoms with Crippen molar-refractivity contribution in [2.45, 2.75) is 62.9 Å². The zero-order valence-electron chi connectivity index (χ0n) is 14.8. The summed E-state index contributed by atoms with van der Waals surface area (Å²) in [4.78, 5) is 11.9. The van der Waals surface area contributed by atoms with Gasteiger partial charge in [-0.2, -0.15) is 0 Å². The molecule has 0 heterocycles. The van der Waals surface area contributed by atoms with Crippen molar-refractivity contribution in [3.63, 3.8) is 0 Å². The van der Waals surface area contributed by atoms with Crippen LogP contribution in [-0.2, 0) is 14.8 Å². The Balaban J connectivity index is 2.01. The minimum absolute atomic E-state index is 0.0132. The third-order valence-electron chi connectivity index (χ3n) is 3.76. The lowest BCUT2D eigenvalue weighted by atomic mass is 10.1. The van der Waals surface area contributed by atoms with E-state index in [1.807, 2.05) is 20.8 Å². The van der Waals surface area contributed by atoms with Gasteiger partial charge in [-0.3, -0.25) is 4.79 Å². The Morgan fingerprint density at radius 3 is 2.48 bits per heavy atom. The summed E-state index contributed by atoms with van der Waals surface area (Å²) >= 11 is 6.12. The average molecular weight is 389 g/mol. The van der Waals surface area contributed by atoms with Crippen LogP contribution in [0.4, 0.5) is 0 Å². The molecule has 1 fully saturated rings. The number of hydrogen-bond donors (Lipinski definition) is 2. The van der Waals surface area contributed by atoms with Crippen molar-refractivity contribution in [2.75, 3.05) is 6.61 Å². The number of nitrogens with one attached hydrogen (secondary N) is 2. The van der Waals surface area contributed by atoms with Crippen molar-refractivity contribution in [2.24, 2.45) is 0 Å². The van der Waals surface area contributed by atoms with Crippen molar-refractivity contribution >= 4 is 27.5 Å². The summed E-state index contributed by atoms with van der Waals surface area (Å²) in [6.45, 7) is 5.42. The Hall–Kier alpha value is -1.31. The van der Waals surface area contributed by atoms with Crippen LogP contribution in [0.5, 0.6) is 5.75 Å². The second-order valence-electron chi connectivity index (χ2n) is 7.28. The maximum atomic E-state index is 12.4. The SMILES string of the molecule is CC(C)(C)NC(=O)COc1ccc(S(=O)(=O)NC2CCCC2)cc1Cl. The van der Waals surface area contributed by atoms with Crippen LogP contribution in [0.1, 0.15) is 46.5 Å². The Bertz CT molecular complexity index is 723. The molecule has 8 heteroatoms. The molecule has 2 rings (SSSR count). The van der Waals surface area contributed by atoms with Gasteiger partial charge in [0.15, 0.2) is 6.61 Å². The average Bonchev–Trinajstić information content (AvgIpc) is 2.96. The third-order valence-corrected chi connectivity index (χ3v) is 5.58. The molecule has 0 aliphatic heterocycles. The summed E-state index contributed by atoms with van der Waals surface area (Å²) in [5, 5.41) is 2.92. The number of carbonyl (C=O) groups excluding carboxylic acids is 1. The van der Waals surface area contributed by atoms with E-state index in [1.54, 1.807) is 0 Å². The summed E-state index contributed by atoms with van der Waals surface area (Å²) < 4.78 is 32.9. The predicted molar refractivity (Wildman–Crippen MR) is 97.4 cm³/mol. The standard InChI is InChI=1S/C17H25ClN2O4S/c1-17(2,3)19-16(21)11-24-15-9-8-13(10-14(15)18)25(22,23)20-12-6-4-5-7-12/h8-10,12,20H,4-7,11H2,1-3H3,(H,19,21). The molecule has 1 saturated carbocycles. The Labute approximate surface area is 154 Å². The van der Waals surface area contributed by atoms with Gasteiger partial charge < -0.3 is 10.1 Å². The molecular weight excluding hydrogens is 364 g/mol. The molecule has 1 amide bonds. The van der Waals surface area contributed by atoms with Crippen LogP contribution in [0.25, 0.3) is 0 Å². The molecular formula is C17H25ClN2O4S. The van der Waals surface area contributed by atoms with Gasteiger partial charge in [0.25, 0.3) is 5.91 Å². The third kappa shape index (κ3) is 6.17. The van der Waals surface area contributed by atoms with Crippen LogP contribution in [0.3, 0.4) is 0 Å². The van der Waals surface area contributed by atoms with Gasteiger partial charge in [0, 0.05) is 11.6 Å². The van der Waals surface area contributed by atoms with E-state index in [0.29, 0.717) is 0 Å². The van der Waals surface area contributed by atoms with Crippen molar-refractivity contribution < 1.29 is 17.9 Å². The highest BCUT2D eigenvalue weighted by Gasteiger charge is 2.23. The predicted octanol–water partition coefficient (Wildman–Crippen LogP) is 2.85. The molecule has 1 aliphatic carbocycles. The molecule has 0 aromatic heterocycles. The molecule has 140 valence electrons. The van der Waals surface area contributed by atoms with Crippen molar-refractivity contribution in [3.8, 4) is 5.75 Å². The maximum absolute atomic E-state index is 12.4.